The number of nitrogens with one attached hydrogen (secondary N) is 2. The van der Waals surface area contributed by atoms with E-state index in [0.29, 0.717) is 36.7 Å². The van der Waals surface area contributed by atoms with Crippen molar-refractivity contribution in [3.63, 3.8) is 0 Å². The van der Waals surface area contributed by atoms with Crippen molar-refractivity contribution in [1.29, 1.82) is 0 Å². The lowest BCUT2D eigenvalue weighted by Crippen LogP contribution is -2.27. The van der Waals surface area contributed by atoms with Gasteiger partial charge in [-0.2, -0.15) is 0 Å². The molecular weight excluding hydrogens is 342 g/mol. The van der Waals surface area contributed by atoms with Crippen LogP contribution in [0.1, 0.15) is 12.0 Å². The summed E-state index contributed by atoms with van der Waals surface area (Å²) in [7, 11) is 3.15. The maximum absolute atomic E-state index is 13.1. The van der Waals surface area contributed by atoms with Crippen molar-refractivity contribution in [3.05, 3.63) is 53.6 Å². The van der Waals surface area contributed by atoms with Crippen LogP contribution in [0.25, 0.3) is 0 Å². The molecule has 2 rings (SSSR count). The lowest BCUT2D eigenvalue weighted by atomic mass is 10.1. The molecular formula is C19H22F2N2O3. The summed E-state index contributed by atoms with van der Waals surface area (Å²) in [6.45, 7) is 0.812. The van der Waals surface area contributed by atoms with Crippen LogP contribution in [0.2, 0.25) is 0 Å². The van der Waals surface area contributed by atoms with Crippen LogP contribution < -0.4 is 20.1 Å². The number of carbonyl (C=O) groups is 1. The minimum Gasteiger partial charge on any atom is -0.493 e. The van der Waals surface area contributed by atoms with Gasteiger partial charge in [-0.3, -0.25) is 4.79 Å². The van der Waals surface area contributed by atoms with Crippen molar-refractivity contribution >= 4 is 11.6 Å². The maximum Gasteiger partial charge on any atom is 0.221 e. The largest absolute Gasteiger partial charge is 0.493 e. The highest BCUT2D eigenvalue weighted by molar-refractivity contribution is 5.76. The Morgan fingerprint density at radius 3 is 2.42 bits per heavy atom. The Hall–Kier alpha value is -2.83. The Kier molecular flexibility index (Phi) is 7.20. The number of hydrogen-bond donors (Lipinski definition) is 2. The number of amides is 1. The molecule has 0 aliphatic heterocycles. The zero-order valence-corrected chi connectivity index (χ0v) is 14.8. The minimum absolute atomic E-state index is 0.124. The van der Waals surface area contributed by atoms with Gasteiger partial charge in [0.1, 0.15) is 0 Å². The first-order valence-electron chi connectivity index (χ1n) is 8.20. The first kappa shape index (κ1) is 19.5. The average molecular weight is 364 g/mol. The van der Waals surface area contributed by atoms with Gasteiger partial charge in [0.25, 0.3) is 0 Å². The van der Waals surface area contributed by atoms with E-state index < -0.39 is 11.6 Å². The molecule has 0 bridgehead atoms. The van der Waals surface area contributed by atoms with Crippen molar-refractivity contribution < 1.29 is 23.0 Å². The molecule has 0 spiro atoms. The molecule has 0 atom stereocenters. The number of rotatable bonds is 9. The maximum atomic E-state index is 13.1. The molecule has 0 fully saturated rings. The van der Waals surface area contributed by atoms with Gasteiger partial charge in [-0.25, -0.2) is 8.78 Å². The van der Waals surface area contributed by atoms with Gasteiger partial charge < -0.3 is 20.1 Å². The van der Waals surface area contributed by atoms with Gasteiger partial charge in [0.05, 0.1) is 14.2 Å². The van der Waals surface area contributed by atoms with E-state index in [-0.39, 0.29) is 12.3 Å². The molecule has 140 valence electrons. The van der Waals surface area contributed by atoms with Crippen LogP contribution in [0.4, 0.5) is 14.5 Å². The first-order chi connectivity index (χ1) is 12.5. The Morgan fingerprint density at radius 2 is 1.73 bits per heavy atom. The molecule has 0 aliphatic rings. The van der Waals surface area contributed by atoms with Crippen LogP contribution in [0, 0.1) is 11.6 Å². The van der Waals surface area contributed by atoms with E-state index in [2.05, 4.69) is 10.6 Å². The average Bonchev–Trinajstić information content (AvgIpc) is 2.64. The zero-order chi connectivity index (χ0) is 18.9. The van der Waals surface area contributed by atoms with E-state index >= 15 is 0 Å². The summed E-state index contributed by atoms with van der Waals surface area (Å²) in [5, 5.41) is 5.70. The summed E-state index contributed by atoms with van der Waals surface area (Å²) in [6.07, 6.45) is 0.883. The van der Waals surface area contributed by atoms with Crippen molar-refractivity contribution in [2.24, 2.45) is 0 Å². The minimum atomic E-state index is -0.922. The highest BCUT2D eigenvalue weighted by Gasteiger charge is 2.06. The van der Waals surface area contributed by atoms with Gasteiger partial charge in [-0.15, -0.1) is 0 Å². The molecule has 0 saturated heterocycles. The highest BCUT2D eigenvalue weighted by atomic mass is 19.2. The second kappa shape index (κ2) is 9.60. The fourth-order valence-electron chi connectivity index (χ4n) is 2.40. The van der Waals surface area contributed by atoms with E-state index in [1.165, 1.54) is 6.07 Å². The molecule has 2 aromatic carbocycles. The second-order valence-corrected chi connectivity index (χ2v) is 5.59. The van der Waals surface area contributed by atoms with Gasteiger partial charge in [-0.05, 0) is 42.3 Å². The molecule has 0 radical (unpaired) electrons. The lowest BCUT2D eigenvalue weighted by Gasteiger charge is -2.10. The van der Waals surface area contributed by atoms with Crippen molar-refractivity contribution in [2.75, 3.05) is 32.6 Å². The number of carbonyl (C=O) groups excluding carboxylic acids is 1. The lowest BCUT2D eigenvalue weighted by molar-refractivity contribution is -0.120. The van der Waals surface area contributed by atoms with Gasteiger partial charge in [0.15, 0.2) is 23.1 Å². The molecule has 2 aromatic rings. The Balaban J connectivity index is 1.71. The zero-order valence-electron chi connectivity index (χ0n) is 14.8. The van der Waals surface area contributed by atoms with E-state index in [0.717, 1.165) is 17.7 Å². The van der Waals surface area contributed by atoms with Crippen molar-refractivity contribution in [2.45, 2.75) is 12.8 Å². The van der Waals surface area contributed by atoms with Crippen LogP contribution in [0.3, 0.4) is 0 Å². The third-order valence-corrected chi connectivity index (χ3v) is 3.78. The molecule has 0 aromatic heterocycles. The highest BCUT2D eigenvalue weighted by Crippen LogP contribution is 2.27. The molecule has 0 heterocycles. The number of methoxy groups -OCH3 is 2. The normalized spacial score (nSPS) is 10.3. The topological polar surface area (TPSA) is 59.6 Å². The summed E-state index contributed by atoms with van der Waals surface area (Å²) in [6, 6.07) is 9.13. The predicted molar refractivity (Wildman–Crippen MR) is 95.7 cm³/mol. The standard InChI is InChI=1S/C19H22F2N2O3/c1-25-17-6-3-13(11-18(17)26-2)7-9-23-19(24)8-10-22-14-4-5-15(20)16(21)12-14/h3-6,11-12,22H,7-10H2,1-2H3,(H,23,24). The molecule has 7 heteroatoms. The molecule has 0 aliphatic carbocycles. The molecule has 2 N–H and O–H groups in total. The summed E-state index contributed by atoms with van der Waals surface area (Å²) < 4.78 is 36.3. The summed E-state index contributed by atoms with van der Waals surface area (Å²) in [4.78, 5) is 11.8. The Labute approximate surface area is 151 Å². The SMILES string of the molecule is COc1ccc(CCNC(=O)CCNc2ccc(F)c(F)c2)cc1OC. The molecule has 0 saturated carbocycles. The van der Waals surface area contributed by atoms with Crippen molar-refractivity contribution in [1.82, 2.24) is 5.32 Å². The number of ether oxygens (including phenoxy) is 2. The third-order valence-electron chi connectivity index (χ3n) is 3.78. The smallest absolute Gasteiger partial charge is 0.221 e. The van der Waals surface area contributed by atoms with E-state index in [4.69, 9.17) is 9.47 Å². The number of benzene rings is 2. The van der Waals surface area contributed by atoms with E-state index in [1.54, 1.807) is 14.2 Å². The fraction of sp³-hybridized carbons (Fsp3) is 0.316. The summed E-state index contributed by atoms with van der Waals surface area (Å²) in [5.74, 6) is -0.644. The van der Waals surface area contributed by atoms with Crippen LogP contribution in [0.15, 0.2) is 36.4 Å². The van der Waals surface area contributed by atoms with Gasteiger partial charge in [-0.1, -0.05) is 6.07 Å². The molecule has 0 unspecified atom stereocenters. The quantitative estimate of drug-likeness (QED) is 0.718. The van der Waals surface area contributed by atoms with Crippen LogP contribution in [-0.2, 0) is 11.2 Å². The number of anilines is 1. The van der Waals surface area contributed by atoms with Gasteiger partial charge >= 0.3 is 0 Å². The van der Waals surface area contributed by atoms with Crippen LogP contribution in [0.5, 0.6) is 11.5 Å². The Morgan fingerprint density at radius 1 is 0.962 bits per heavy atom. The number of halogens is 2. The van der Waals surface area contributed by atoms with Crippen LogP contribution in [-0.4, -0.2) is 33.2 Å². The Bertz CT molecular complexity index is 754. The summed E-state index contributed by atoms with van der Waals surface area (Å²) >= 11 is 0. The second-order valence-electron chi connectivity index (χ2n) is 5.59. The van der Waals surface area contributed by atoms with Gasteiger partial charge in [0, 0.05) is 25.2 Å². The van der Waals surface area contributed by atoms with E-state index in [9.17, 15) is 13.6 Å². The molecule has 1 amide bonds. The van der Waals surface area contributed by atoms with Crippen LogP contribution >= 0.6 is 0 Å². The fourth-order valence-corrected chi connectivity index (χ4v) is 2.40. The number of hydrogen-bond acceptors (Lipinski definition) is 4. The van der Waals surface area contributed by atoms with Gasteiger partial charge in [0.2, 0.25) is 5.91 Å². The molecule has 26 heavy (non-hydrogen) atoms. The first-order valence-corrected chi connectivity index (χ1v) is 8.20. The van der Waals surface area contributed by atoms with Crippen molar-refractivity contribution in [3.8, 4) is 11.5 Å². The molecule has 5 nitrogen and oxygen atoms in total. The van der Waals surface area contributed by atoms with E-state index in [1.807, 2.05) is 18.2 Å². The summed E-state index contributed by atoms with van der Waals surface area (Å²) in [5.41, 5.74) is 1.45. The predicted octanol–water partition coefficient (Wildman–Crippen LogP) is 3.14. The monoisotopic (exact) mass is 364 g/mol. The third kappa shape index (κ3) is 5.61.